The van der Waals surface area contributed by atoms with Gasteiger partial charge in [0.15, 0.2) is 34.0 Å². The van der Waals surface area contributed by atoms with Crippen LogP contribution in [0.4, 0.5) is 0 Å². The second kappa shape index (κ2) is 9.27. The Kier molecular flexibility index (Phi) is 6.68. The van der Waals surface area contributed by atoms with Gasteiger partial charge in [-0.05, 0) is 12.1 Å². The van der Waals surface area contributed by atoms with Gasteiger partial charge < -0.3 is 33.2 Å². The highest BCUT2D eigenvalue weighted by molar-refractivity contribution is 7.75. The number of hydrogen-bond donors (Lipinski definition) is 0. The smallest absolute Gasteiger partial charge is 0.225 e. The van der Waals surface area contributed by atoms with E-state index in [2.05, 4.69) is 0 Å². The number of carbonyl (C=O) groups excluding carboxylic acids is 1. The molecule has 0 aliphatic carbocycles. The minimum absolute atomic E-state index is 0.0408. The maximum atomic E-state index is 13.4. The first-order chi connectivity index (χ1) is 15.4. The van der Waals surface area contributed by atoms with Gasteiger partial charge in [-0.1, -0.05) is 6.07 Å². The van der Waals surface area contributed by atoms with E-state index in [1.165, 1.54) is 48.7 Å². The highest BCUT2D eigenvalue weighted by Gasteiger charge is 2.43. The summed E-state index contributed by atoms with van der Waals surface area (Å²) in [6, 6.07) is 4.68. The van der Waals surface area contributed by atoms with Gasteiger partial charge in [0.2, 0.25) is 33.3 Å². The highest BCUT2D eigenvalue weighted by atomic mass is 32.2. The van der Waals surface area contributed by atoms with Crippen LogP contribution in [0.5, 0.6) is 40.2 Å². The van der Waals surface area contributed by atoms with E-state index in [1.807, 2.05) is 0 Å². The zero-order chi connectivity index (χ0) is 23.6. The van der Waals surface area contributed by atoms with Crippen molar-refractivity contribution in [2.75, 3.05) is 42.7 Å². The molecule has 172 valence electrons. The van der Waals surface area contributed by atoms with Crippen molar-refractivity contribution in [1.29, 1.82) is 0 Å². The van der Waals surface area contributed by atoms with Crippen LogP contribution in [0.1, 0.15) is 22.0 Å². The predicted octanol–water partition coefficient (Wildman–Crippen LogP) is 2.11. The van der Waals surface area contributed by atoms with E-state index in [0.717, 1.165) is 0 Å². The zero-order valence-corrected chi connectivity index (χ0v) is 19.1. The van der Waals surface area contributed by atoms with Gasteiger partial charge in [-0.15, -0.1) is 0 Å². The Morgan fingerprint density at radius 3 is 1.81 bits per heavy atom. The maximum absolute atomic E-state index is 13.4. The van der Waals surface area contributed by atoms with Crippen molar-refractivity contribution in [3.63, 3.8) is 0 Å². The number of ether oxygens (including phenoxy) is 7. The number of carbonyl (C=O) groups is 1. The topological polar surface area (TPSA) is 116 Å². The first-order valence-electron chi connectivity index (χ1n) is 9.17. The van der Waals surface area contributed by atoms with Gasteiger partial charge in [-0.25, -0.2) is 0 Å². The van der Waals surface area contributed by atoms with E-state index in [9.17, 15) is 13.2 Å². The number of hydrogen-bond acceptors (Lipinski definition) is 10. The molecule has 1 aliphatic rings. The van der Waals surface area contributed by atoms with Crippen molar-refractivity contribution in [3.8, 4) is 40.2 Å². The third-order valence-corrected chi connectivity index (χ3v) is 5.67. The van der Waals surface area contributed by atoms with Crippen LogP contribution >= 0.6 is 0 Å². The molecular weight excluding hydrogens is 444 g/mol. The summed E-state index contributed by atoms with van der Waals surface area (Å²) in [5, 5.41) is 0. The van der Waals surface area contributed by atoms with Crippen LogP contribution < -0.4 is 33.2 Å². The molecular formula is C21H22O10S. The van der Waals surface area contributed by atoms with Crippen LogP contribution in [0.2, 0.25) is 0 Å². The Labute approximate surface area is 186 Å². The monoisotopic (exact) mass is 466 g/mol. The minimum Gasteiger partial charge on any atom is -0.493 e. The summed E-state index contributed by atoms with van der Waals surface area (Å²) in [6.07, 6.45) is -1.29. The van der Waals surface area contributed by atoms with E-state index >= 15 is 0 Å². The van der Waals surface area contributed by atoms with Crippen LogP contribution in [0, 0.1) is 0 Å². The van der Waals surface area contributed by atoms with Gasteiger partial charge in [-0.2, -0.15) is 8.42 Å². The molecule has 1 aliphatic heterocycles. The molecule has 1 heterocycles. The summed E-state index contributed by atoms with van der Waals surface area (Å²) in [7, 11) is 5.38. The Hall–Kier alpha value is -3.60. The van der Waals surface area contributed by atoms with Crippen molar-refractivity contribution >= 4 is 20.9 Å². The summed E-state index contributed by atoms with van der Waals surface area (Å²) < 4.78 is 62.4. The van der Waals surface area contributed by atoms with Crippen molar-refractivity contribution in [2.24, 2.45) is 0 Å². The van der Waals surface area contributed by atoms with E-state index in [0.29, 0.717) is 17.1 Å². The van der Waals surface area contributed by atoms with E-state index in [1.54, 1.807) is 12.1 Å². The molecule has 1 atom stereocenters. The molecule has 32 heavy (non-hydrogen) atoms. The normalized spacial score (nSPS) is 14.8. The Balaban J connectivity index is 2.36. The van der Waals surface area contributed by atoms with Gasteiger partial charge in [-0.3, -0.25) is 4.79 Å². The molecule has 0 fully saturated rings. The zero-order valence-electron chi connectivity index (χ0n) is 18.3. The molecule has 0 amide bonds. The van der Waals surface area contributed by atoms with Gasteiger partial charge >= 0.3 is 0 Å². The molecule has 3 rings (SSSR count). The first-order valence-corrected chi connectivity index (χ1v) is 10.2. The number of fused-ring (bicyclic) bond motifs is 1. The van der Waals surface area contributed by atoms with Crippen LogP contribution in [0.15, 0.2) is 18.2 Å². The van der Waals surface area contributed by atoms with Gasteiger partial charge in [0.05, 0.1) is 42.7 Å². The van der Waals surface area contributed by atoms with Crippen molar-refractivity contribution < 1.29 is 46.4 Å². The van der Waals surface area contributed by atoms with E-state index < -0.39 is 27.0 Å². The molecule has 0 radical (unpaired) electrons. The fourth-order valence-corrected chi connectivity index (χ4v) is 4.13. The quantitative estimate of drug-likeness (QED) is 0.562. The summed E-state index contributed by atoms with van der Waals surface area (Å²) in [6.45, 7) is 0. The average Bonchev–Trinajstić information content (AvgIpc) is 2.81. The molecule has 0 spiro atoms. The lowest BCUT2D eigenvalue weighted by atomic mass is 9.94. The second-order valence-electron chi connectivity index (χ2n) is 6.38. The highest BCUT2D eigenvalue weighted by Crippen LogP contribution is 2.56. The molecule has 0 N–H and O–H groups in total. The number of ketones is 1. The van der Waals surface area contributed by atoms with Crippen molar-refractivity contribution in [3.05, 3.63) is 29.3 Å². The average molecular weight is 466 g/mol. The molecule has 1 unspecified atom stereocenters. The Bertz CT molecular complexity index is 1190. The predicted molar refractivity (Wildman–Crippen MR) is 114 cm³/mol. The lowest BCUT2D eigenvalue weighted by Gasteiger charge is -2.30. The number of Topliss-reactive ketones (excluding diaryl/α,β-unsaturated/α-hetero) is 1. The molecule has 11 heteroatoms. The lowest BCUT2D eigenvalue weighted by Crippen LogP contribution is -2.33. The molecule has 0 bridgehead atoms. The summed E-state index contributed by atoms with van der Waals surface area (Å²) in [5.41, 5.74) is 0.189. The standard InChI is InChI=1S/C21H22O10S/c1-25-11-8-7-10(9-12(11)26-2)15-21(32(23)24)14(22)13-16(27-3)18(28-4)20(30-6)19(29-5)17(13)31-15/h7-9,15H,1-6H3. The second-order valence-corrected chi connectivity index (χ2v) is 7.29. The maximum Gasteiger partial charge on any atom is 0.225 e. The number of methoxy groups -OCH3 is 6. The fourth-order valence-electron chi connectivity index (χ4n) is 3.52. The molecule has 0 saturated heterocycles. The van der Waals surface area contributed by atoms with Gasteiger partial charge in [0, 0.05) is 5.56 Å². The Morgan fingerprint density at radius 1 is 0.750 bits per heavy atom. The molecule has 10 nitrogen and oxygen atoms in total. The fraction of sp³-hybridized carbons (Fsp3) is 0.333. The van der Waals surface area contributed by atoms with Crippen LogP contribution in [0.3, 0.4) is 0 Å². The summed E-state index contributed by atoms with van der Waals surface area (Å²) >= 11 is 0. The minimum atomic E-state index is -2.92. The van der Waals surface area contributed by atoms with E-state index in [-0.39, 0.29) is 34.3 Å². The van der Waals surface area contributed by atoms with Crippen LogP contribution in [0.25, 0.3) is 0 Å². The Morgan fingerprint density at radius 2 is 1.31 bits per heavy atom. The first kappa shape index (κ1) is 23.1. The van der Waals surface area contributed by atoms with Gasteiger partial charge in [0.25, 0.3) is 0 Å². The van der Waals surface area contributed by atoms with Crippen molar-refractivity contribution in [1.82, 2.24) is 0 Å². The SMILES string of the molecule is COc1ccc(C2Oc3c(OC)c(OC)c(OC)c(OC)c3C(=O)C2=S(=O)=O)cc1OC. The summed E-state index contributed by atoms with van der Waals surface area (Å²) in [4.78, 5) is 12.9. The number of benzene rings is 2. The number of rotatable bonds is 7. The van der Waals surface area contributed by atoms with E-state index in [4.69, 9.17) is 33.2 Å². The van der Waals surface area contributed by atoms with Crippen molar-refractivity contribution in [2.45, 2.75) is 6.10 Å². The molecule has 0 saturated carbocycles. The van der Waals surface area contributed by atoms with Gasteiger partial charge in [0.1, 0.15) is 5.56 Å². The molecule has 2 aromatic carbocycles. The van der Waals surface area contributed by atoms with Crippen LogP contribution in [-0.2, 0) is 10.3 Å². The third-order valence-electron chi connectivity index (χ3n) is 4.91. The molecule has 2 aromatic rings. The molecule has 0 aromatic heterocycles. The largest absolute Gasteiger partial charge is 0.493 e. The third kappa shape index (κ3) is 3.54. The lowest BCUT2D eigenvalue weighted by molar-refractivity contribution is 0.102. The van der Waals surface area contributed by atoms with Crippen LogP contribution in [-0.4, -0.2) is 61.7 Å². The summed E-state index contributed by atoms with van der Waals surface area (Å²) in [5.74, 6) is 0.0818.